The molecule has 1 saturated carbocycles. The number of aliphatic carboxylic acids is 1. The summed E-state index contributed by atoms with van der Waals surface area (Å²) < 4.78 is 40.2. The Kier molecular flexibility index (Phi) is 7.16. The van der Waals surface area contributed by atoms with E-state index in [1.54, 1.807) is 0 Å². The van der Waals surface area contributed by atoms with Crippen LogP contribution in [-0.4, -0.2) is 46.2 Å². The molecule has 2 fully saturated rings. The number of ether oxygens (including phenoxy) is 1. The highest BCUT2D eigenvalue weighted by molar-refractivity contribution is 6.31. The van der Waals surface area contributed by atoms with Gasteiger partial charge in [-0.1, -0.05) is 11.6 Å². The van der Waals surface area contributed by atoms with Crippen LogP contribution in [0.15, 0.2) is 18.3 Å². The van der Waals surface area contributed by atoms with Crippen molar-refractivity contribution in [3.05, 3.63) is 34.5 Å². The molecule has 10 heteroatoms. The molecule has 2 aliphatic rings. The average molecular weight is 460 g/mol. The molecular weight excluding hydrogens is 435 g/mol. The highest BCUT2D eigenvalue weighted by atomic mass is 35.5. The molecular formula is C21H25ClF3N3O3. The van der Waals surface area contributed by atoms with Crippen molar-refractivity contribution in [3.63, 3.8) is 0 Å². The highest BCUT2D eigenvalue weighted by Gasteiger charge is 2.38. The number of benzene rings is 1. The minimum atomic E-state index is -5.08. The van der Waals surface area contributed by atoms with Crippen LogP contribution in [-0.2, 0) is 11.8 Å². The molecule has 0 spiro atoms. The number of hydrogen-bond acceptors (Lipinski definition) is 4. The number of piperidine rings is 1. The van der Waals surface area contributed by atoms with Gasteiger partial charge in [-0.3, -0.25) is 4.68 Å². The predicted octanol–water partition coefficient (Wildman–Crippen LogP) is 4.69. The summed E-state index contributed by atoms with van der Waals surface area (Å²) in [6.45, 7) is 4.12. The van der Waals surface area contributed by atoms with Gasteiger partial charge in [0, 0.05) is 23.2 Å². The average Bonchev–Trinajstić information content (AvgIpc) is 3.46. The third-order valence-corrected chi connectivity index (χ3v) is 5.51. The first-order valence-corrected chi connectivity index (χ1v) is 10.5. The largest absolute Gasteiger partial charge is 0.490 e. The minimum Gasteiger partial charge on any atom is -0.489 e. The maximum absolute atomic E-state index is 10.6. The second-order valence-electron chi connectivity index (χ2n) is 7.82. The van der Waals surface area contributed by atoms with Crippen molar-refractivity contribution in [2.24, 2.45) is 7.05 Å². The van der Waals surface area contributed by atoms with E-state index in [1.807, 2.05) is 30.1 Å². The van der Waals surface area contributed by atoms with E-state index in [0.29, 0.717) is 5.92 Å². The van der Waals surface area contributed by atoms with E-state index < -0.39 is 12.1 Å². The molecule has 170 valence electrons. The van der Waals surface area contributed by atoms with Crippen molar-refractivity contribution in [1.29, 1.82) is 0 Å². The molecule has 2 heterocycles. The lowest BCUT2D eigenvalue weighted by Crippen LogP contribution is -2.34. The summed E-state index contributed by atoms with van der Waals surface area (Å²) in [4.78, 5) is 8.90. The number of nitrogens with one attached hydrogen (secondary N) is 1. The summed E-state index contributed by atoms with van der Waals surface area (Å²) in [5, 5.41) is 15.8. The number of carbonyl (C=O) groups is 1. The van der Waals surface area contributed by atoms with Crippen molar-refractivity contribution >= 4 is 17.6 Å². The SMILES string of the molecule is Cc1cc(Cl)cc(-c2c(C3CC3)cnn2C)c1OC1CCNCC1.O=C(O)C(F)(F)F. The smallest absolute Gasteiger partial charge is 0.489 e. The van der Waals surface area contributed by atoms with Gasteiger partial charge in [0.1, 0.15) is 11.9 Å². The van der Waals surface area contributed by atoms with Gasteiger partial charge >= 0.3 is 12.1 Å². The molecule has 6 nitrogen and oxygen atoms in total. The van der Waals surface area contributed by atoms with Gasteiger partial charge in [-0.15, -0.1) is 0 Å². The van der Waals surface area contributed by atoms with Gasteiger partial charge in [-0.25, -0.2) is 4.79 Å². The van der Waals surface area contributed by atoms with Crippen molar-refractivity contribution in [2.75, 3.05) is 13.1 Å². The van der Waals surface area contributed by atoms with Gasteiger partial charge < -0.3 is 15.2 Å². The second kappa shape index (κ2) is 9.48. The van der Waals surface area contributed by atoms with Crippen LogP contribution in [0.3, 0.4) is 0 Å². The van der Waals surface area contributed by atoms with Crippen molar-refractivity contribution in [2.45, 2.75) is 50.8 Å². The number of aryl methyl sites for hydroxylation is 2. The van der Waals surface area contributed by atoms with Crippen molar-refractivity contribution in [3.8, 4) is 17.0 Å². The molecule has 1 aromatic carbocycles. The first kappa shape index (κ1) is 23.4. The molecule has 1 saturated heterocycles. The van der Waals surface area contributed by atoms with Gasteiger partial charge in [0.15, 0.2) is 0 Å². The van der Waals surface area contributed by atoms with Crippen LogP contribution >= 0.6 is 11.6 Å². The lowest BCUT2D eigenvalue weighted by Gasteiger charge is -2.26. The molecule has 4 rings (SSSR count). The fourth-order valence-corrected chi connectivity index (χ4v) is 3.89. The summed E-state index contributed by atoms with van der Waals surface area (Å²) in [6, 6.07) is 4.03. The van der Waals surface area contributed by atoms with E-state index >= 15 is 0 Å². The lowest BCUT2D eigenvalue weighted by molar-refractivity contribution is -0.192. The Morgan fingerprint density at radius 1 is 1.26 bits per heavy atom. The van der Waals surface area contributed by atoms with Gasteiger partial charge in [0.2, 0.25) is 0 Å². The van der Waals surface area contributed by atoms with Crippen LogP contribution < -0.4 is 10.1 Å². The fourth-order valence-electron chi connectivity index (χ4n) is 3.62. The number of nitrogens with zero attached hydrogens (tertiary/aromatic N) is 2. The van der Waals surface area contributed by atoms with E-state index in [1.165, 1.54) is 18.4 Å². The van der Waals surface area contributed by atoms with E-state index in [-0.39, 0.29) is 6.10 Å². The maximum atomic E-state index is 10.6. The summed E-state index contributed by atoms with van der Waals surface area (Å²) in [5.41, 5.74) is 4.67. The number of aromatic nitrogens is 2. The minimum absolute atomic E-state index is 0.266. The number of rotatable bonds is 4. The van der Waals surface area contributed by atoms with E-state index in [9.17, 15) is 13.2 Å². The molecule has 1 aromatic heterocycles. The molecule has 1 aliphatic heterocycles. The lowest BCUT2D eigenvalue weighted by atomic mass is 10.0. The number of halogens is 4. The molecule has 31 heavy (non-hydrogen) atoms. The van der Waals surface area contributed by atoms with Gasteiger partial charge in [0.25, 0.3) is 0 Å². The Morgan fingerprint density at radius 3 is 2.42 bits per heavy atom. The van der Waals surface area contributed by atoms with Crippen LogP contribution in [0.2, 0.25) is 5.02 Å². The maximum Gasteiger partial charge on any atom is 0.490 e. The summed E-state index contributed by atoms with van der Waals surface area (Å²) in [5.74, 6) is -1.15. The topological polar surface area (TPSA) is 76.4 Å². The van der Waals surface area contributed by atoms with E-state index in [2.05, 4.69) is 17.3 Å². The molecule has 0 bridgehead atoms. The third kappa shape index (κ3) is 5.92. The van der Waals surface area contributed by atoms with Gasteiger partial charge in [-0.2, -0.15) is 18.3 Å². The zero-order valence-electron chi connectivity index (χ0n) is 17.3. The van der Waals surface area contributed by atoms with Gasteiger partial charge in [-0.05, 0) is 69.3 Å². The zero-order chi connectivity index (χ0) is 22.8. The number of carboxylic acids is 1. The zero-order valence-corrected chi connectivity index (χ0v) is 18.1. The number of carboxylic acid groups (broad SMARTS) is 1. The first-order valence-electron chi connectivity index (χ1n) is 10.1. The third-order valence-electron chi connectivity index (χ3n) is 5.29. The summed E-state index contributed by atoms with van der Waals surface area (Å²) >= 11 is 6.39. The van der Waals surface area contributed by atoms with Crippen LogP contribution in [0.5, 0.6) is 5.75 Å². The molecule has 0 amide bonds. The number of alkyl halides is 3. The summed E-state index contributed by atoms with van der Waals surface area (Å²) in [7, 11) is 2.01. The Hall–Kier alpha value is -2.26. The van der Waals surface area contributed by atoms with Crippen LogP contribution in [0, 0.1) is 6.92 Å². The fraction of sp³-hybridized carbons (Fsp3) is 0.524. The predicted molar refractivity (Wildman–Crippen MR) is 111 cm³/mol. The van der Waals surface area contributed by atoms with Crippen LogP contribution in [0.4, 0.5) is 13.2 Å². The quantitative estimate of drug-likeness (QED) is 0.693. The Bertz CT molecular complexity index is 936. The summed E-state index contributed by atoms with van der Waals surface area (Å²) in [6.07, 6.45) is 1.79. The molecule has 0 radical (unpaired) electrons. The van der Waals surface area contributed by atoms with E-state index in [0.717, 1.165) is 53.5 Å². The van der Waals surface area contributed by atoms with Crippen molar-refractivity contribution in [1.82, 2.24) is 15.1 Å². The molecule has 2 N–H and O–H groups in total. The number of hydrogen-bond donors (Lipinski definition) is 2. The van der Waals surface area contributed by atoms with Crippen LogP contribution in [0.1, 0.15) is 42.7 Å². The van der Waals surface area contributed by atoms with Crippen LogP contribution in [0.25, 0.3) is 11.3 Å². The normalized spacial score (nSPS) is 17.1. The Labute approximate surface area is 183 Å². The molecule has 0 atom stereocenters. The van der Waals surface area contributed by atoms with Gasteiger partial charge in [0.05, 0.1) is 11.9 Å². The molecule has 2 aromatic rings. The molecule has 1 aliphatic carbocycles. The monoisotopic (exact) mass is 459 g/mol. The second-order valence-corrected chi connectivity index (χ2v) is 8.25. The molecule has 0 unspecified atom stereocenters. The first-order chi connectivity index (χ1) is 14.6. The standard InChI is InChI=1S/C19H24ClN3O.C2HF3O2/c1-12-9-14(20)10-16(19(12)24-15-5-7-21-8-6-15)18-17(13-3-4-13)11-22-23(18)2;3-2(4,5)1(6)7/h9-11,13,15,21H,3-8H2,1-2H3;(H,6,7). The Balaban J connectivity index is 0.000000339. The van der Waals surface area contributed by atoms with Crippen molar-refractivity contribution < 1.29 is 27.8 Å². The van der Waals surface area contributed by atoms with E-state index in [4.69, 9.17) is 26.2 Å². The Morgan fingerprint density at radius 2 is 1.87 bits per heavy atom. The highest BCUT2D eigenvalue weighted by Crippen LogP contribution is 2.47.